The average molecular weight is 357 g/mol. The van der Waals surface area contributed by atoms with Crippen molar-refractivity contribution in [2.24, 2.45) is 5.10 Å². The lowest BCUT2D eigenvalue weighted by molar-refractivity contribution is -0.128. The number of hydrogen-bond donors (Lipinski definition) is 1. The smallest absolute Gasteiger partial charge is 0.275 e. The van der Waals surface area contributed by atoms with E-state index in [0.717, 1.165) is 5.56 Å². The van der Waals surface area contributed by atoms with E-state index in [1.165, 1.54) is 18.0 Å². The summed E-state index contributed by atoms with van der Waals surface area (Å²) >= 11 is 1.24. The summed E-state index contributed by atoms with van der Waals surface area (Å²) in [6, 6.07) is 11.7. The Morgan fingerprint density at radius 2 is 2.12 bits per heavy atom. The maximum atomic E-state index is 12.4. The van der Waals surface area contributed by atoms with Crippen molar-refractivity contribution in [1.29, 1.82) is 0 Å². The predicted molar refractivity (Wildman–Crippen MR) is 98.6 cm³/mol. The number of benzene rings is 1. The maximum absolute atomic E-state index is 12.4. The lowest BCUT2D eigenvalue weighted by atomic mass is 10.1. The van der Waals surface area contributed by atoms with E-state index in [2.05, 4.69) is 17.1 Å². The molecule has 0 saturated heterocycles. The Morgan fingerprint density at radius 1 is 1.36 bits per heavy atom. The lowest BCUT2D eigenvalue weighted by Crippen LogP contribution is -2.31. The summed E-state index contributed by atoms with van der Waals surface area (Å²) in [6.07, 6.45) is 1.53. The Morgan fingerprint density at radius 3 is 2.80 bits per heavy atom. The zero-order valence-electron chi connectivity index (χ0n) is 14.1. The van der Waals surface area contributed by atoms with Gasteiger partial charge >= 0.3 is 0 Å². The van der Waals surface area contributed by atoms with Crippen LogP contribution in [0.15, 0.2) is 52.2 Å². The number of carbonyl (C=O) groups is 1. The summed E-state index contributed by atoms with van der Waals surface area (Å²) in [7, 11) is 1.80. The second-order valence-corrected chi connectivity index (χ2v) is 6.48. The minimum atomic E-state index is 0.000591. The molecule has 0 fully saturated rings. The molecule has 1 aromatic carbocycles. The minimum absolute atomic E-state index is 0.000591. The molecule has 25 heavy (non-hydrogen) atoms. The molecule has 1 aliphatic heterocycles. The van der Waals surface area contributed by atoms with Crippen molar-refractivity contribution in [3.05, 3.63) is 58.9 Å². The van der Waals surface area contributed by atoms with Crippen LogP contribution in [-0.4, -0.2) is 28.8 Å². The summed E-state index contributed by atoms with van der Waals surface area (Å²) in [5.41, 5.74) is 4.38. The van der Waals surface area contributed by atoms with Crippen molar-refractivity contribution in [2.75, 3.05) is 12.8 Å². The fourth-order valence-electron chi connectivity index (χ4n) is 2.35. The number of nitrogens with one attached hydrogen (secondary N) is 1. The molecule has 0 bridgehead atoms. The summed E-state index contributed by atoms with van der Waals surface area (Å²) in [6.45, 7) is 5.77. The van der Waals surface area contributed by atoms with Gasteiger partial charge in [-0.25, -0.2) is 5.43 Å². The molecule has 1 aromatic heterocycles. The number of furan rings is 1. The number of nitrogens with zero attached hydrogens (tertiary/aromatic N) is 2. The first-order valence-corrected chi connectivity index (χ1v) is 8.76. The molecule has 0 aliphatic carbocycles. The molecule has 130 valence electrons. The van der Waals surface area contributed by atoms with E-state index in [9.17, 15) is 4.79 Å². The number of amides is 1. The molecule has 2 heterocycles. The summed E-state index contributed by atoms with van der Waals surface area (Å²) in [4.78, 5) is 14.1. The molecule has 2 aromatic rings. The summed E-state index contributed by atoms with van der Waals surface area (Å²) in [5.74, 6) is 0.700. The molecule has 0 spiro atoms. The molecule has 1 unspecified atom stereocenters. The first kappa shape index (κ1) is 17.2. The van der Waals surface area contributed by atoms with E-state index in [0.29, 0.717) is 21.7 Å². The Kier molecular flexibility index (Phi) is 5.14. The third-order valence-corrected chi connectivity index (χ3v) is 4.82. The number of hydrogen-bond acceptors (Lipinski definition) is 6. The fourth-order valence-corrected chi connectivity index (χ4v) is 3.05. The van der Waals surface area contributed by atoms with Crippen molar-refractivity contribution < 1.29 is 13.9 Å². The van der Waals surface area contributed by atoms with Gasteiger partial charge in [-0.15, -0.1) is 5.10 Å². The van der Waals surface area contributed by atoms with Crippen LogP contribution in [0.2, 0.25) is 0 Å². The average Bonchev–Trinajstić information content (AvgIpc) is 3.27. The second kappa shape index (κ2) is 7.48. The molecule has 1 atom stereocenters. The highest BCUT2D eigenvalue weighted by molar-refractivity contribution is 8.14. The van der Waals surface area contributed by atoms with Gasteiger partial charge in [0.15, 0.2) is 0 Å². The van der Waals surface area contributed by atoms with Gasteiger partial charge in [-0.2, -0.15) is 0 Å². The van der Waals surface area contributed by atoms with Gasteiger partial charge < -0.3 is 14.1 Å². The number of carbonyl (C=O) groups excluding carboxylic acids is 1. The minimum Gasteiger partial charge on any atom is -0.465 e. The summed E-state index contributed by atoms with van der Waals surface area (Å²) < 4.78 is 10.7. The zero-order valence-corrected chi connectivity index (χ0v) is 14.9. The lowest BCUT2D eigenvalue weighted by Gasteiger charge is -2.25. The highest BCUT2D eigenvalue weighted by atomic mass is 32.2. The Balaban J connectivity index is 1.56. The van der Waals surface area contributed by atoms with Crippen LogP contribution in [0.4, 0.5) is 0 Å². The SMILES string of the molecule is C=c1occc1=C1NN=C(SCC(=O)N(C)C(C)c2ccccc2)O1. The second-order valence-electron chi connectivity index (χ2n) is 5.56. The third kappa shape index (κ3) is 3.88. The standard InChI is InChI=1S/C18H19N3O3S/c1-12(14-7-5-4-6-8-14)21(3)16(22)11-25-18-20-19-17(24-18)15-9-10-23-13(15)2/h4-10,12,19H,2,11H2,1,3H3. The third-order valence-electron chi connectivity index (χ3n) is 4.00. The monoisotopic (exact) mass is 357 g/mol. The van der Waals surface area contributed by atoms with Gasteiger partial charge in [-0.1, -0.05) is 48.7 Å². The number of thioether (sulfide) groups is 1. The van der Waals surface area contributed by atoms with Crippen molar-refractivity contribution >= 4 is 35.4 Å². The molecule has 3 rings (SSSR count). The van der Waals surface area contributed by atoms with E-state index in [-0.39, 0.29) is 17.7 Å². The van der Waals surface area contributed by atoms with Crippen LogP contribution in [0.3, 0.4) is 0 Å². The predicted octanol–water partition coefficient (Wildman–Crippen LogP) is 1.60. The van der Waals surface area contributed by atoms with Gasteiger partial charge in [-0.3, -0.25) is 4.79 Å². The van der Waals surface area contributed by atoms with Gasteiger partial charge in [-0.05, 0) is 18.6 Å². The highest BCUT2D eigenvalue weighted by Gasteiger charge is 2.21. The number of ether oxygens (including phenoxy) is 1. The van der Waals surface area contributed by atoms with E-state index < -0.39 is 0 Å². The topological polar surface area (TPSA) is 67.1 Å². The molecular formula is C18H19N3O3S. The van der Waals surface area contributed by atoms with E-state index >= 15 is 0 Å². The molecule has 1 aliphatic rings. The first-order valence-electron chi connectivity index (χ1n) is 7.78. The number of hydrazone groups is 1. The van der Waals surface area contributed by atoms with Crippen LogP contribution in [0.25, 0.3) is 12.5 Å². The van der Waals surface area contributed by atoms with Crippen LogP contribution < -0.4 is 16.1 Å². The summed E-state index contributed by atoms with van der Waals surface area (Å²) in [5, 5.41) is 5.18. The fraction of sp³-hybridized carbons (Fsp3) is 0.222. The molecule has 0 saturated carbocycles. The zero-order chi connectivity index (χ0) is 17.8. The molecule has 0 radical (unpaired) electrons. The quantitative estimate of drug-likeness (QED) is 0.900. The maximum Gasteiger partial charge on any atom is 0.275 e. The first-order chi connectivity index (χ1) is 12.1. The normalized spacial score (nSPS) is 16.6. The van der Waals surface area contributed by atoms with Crippen LogP contribution in [0.5, 0.6) is 0 Å². The Labute approximate surface area is 149 Å². The van der Waals surface area contributed by atoms with Crippen LogP contribution in [-0.2, 0) is 9.53 Å². The molecule has 7 heteroatoms. The Bertz CT molecular complexity index is 892. The van der Waals surface area contributed by atoms with E-state index in [1.807, 2.05) is 37.3 Å². The van der Waals surface area contributed by atoms with Gasteiger partial charge in [0.25, 0.3) is 5.23 Å². The van der Waals surface area contributed by atoms with Gasteiger partial charge in [0.1, 0.15) is 5.42 Å². The molecule has 1 amide bonds. The van der Waals surface area contributed by atoms with Crippen molar-refractivity contribution in [3.63, 3.8) is 0 Å². The van der Waals surface area contributed by atoms with Gasteiger partial charge in [0.05, 0.1) is 23.3 Å². The van der Waals surface area contributed by atoms with E-state index in [1.54, 1.807) is 18.0 Å². The van der Waals surface area contributed by atoms with Crippen LogP contribution in [0.1, 0.15) is 18.5 Å². The molecular weight excluding hydrogens is 338 g/mol. The van der Waals surface area contributed by atoms with Gasteiger partial charge in [0, 0.05) is 7.05 Å². The van der Waals surface area contributed by atoms with Gasteiger partial charge in [0.2, 0.25) is 11.8 Å². The Hall–Kier alpha value is -2.67. The van der Waals surface area contributed by atoms with Crippen molar-refractivity contribution in [2.45, 2.75) is 13.0 Å². The van der Waals surface area contributed by atoms with Crippen LogP contribution >= 0.6 is 11.8 Å². The highest BCUT2D eigenvalue weighted by Crippen LogP contribution is 2.20. The van der Waals surface area contributed by atoms with Crippen LogP contribution in [0, 0.1) is 0 Å². The van der Waals surface area contributed by atoms with E-state index in [4.69, 9.17) is 9.15 Å². The van der Waals surface area contributed by atoms with Crippen molar-refractivity contribution in [1.82, 2.24) is 10.3 Å². The molecule has 6 nitrogen and oxygen atoms in total. The molecule has 1 N–H and O–H groups in total. The number of rotatable bonds is 4. The van der Waals surface area contributed by atoms with Crippen molar-refractivity contribution in [3.8, 4) is 0 Å². The largest absolute Gasteiger partial charge is 0.465 e.